The molecule has 0 aromatic heterocycles. The van der Waals surface area contributed by atoms with Crippen molar-refractivity contribution < 1.29 is 4.79 Å². The molecule has 0 spiro atoms. The second-order valence-electron chi connectivity index (χ2n) is 4.34. The van der Waals surface area contributed by atoms with Crippen molar-refractivity contribution >= 4 is 17.3 Å². The number of amides is 1. The van der Waals surface area contributed by atoms with Crippen LogP contribution in [0.3, 0.4) is 0 Å². The van der Waals surface area contributed by atoms with Crippen molar-refractivity contribution in [2.45, 2.75) is 13.0 Å². The van der Waals surface area contributed by atoms with E-state index in [1.54, 1.807) is 5.01 Å². The molecular weight excluding hydrogens is 224 g/mol. The number of benzene rings is 2. The van der Waals surface area contributed by atoms with E-state index in [2.05, 4.69) is 0 Å². The van der Waals surface area contributed by atoms with Crippen molar-refractivity contribution in [2.24, 2.45) is 0 Å². The monoisotopic (exact) mass is 238 g/mol. The molecule has 90 valence electrons. The van der Waals surface area contributed by atoms with Gasteiger partial charge >= 0.3 is 0 Å². The summed E-state index contributed by atoms with van der Waals surface area (Å²) in [5, 5.41) is 3.73. The topological polar surface area (TPSA) is 23.6 Å². The standard InChI is InChI=1S/C15H14N2O/c1-12-15(18)17(14-10-6-3-7-11-14)16(12)13-8-4-2-5-9-13/h2-12H,1H3. The highest BCUT2D eigenvalue weighted by Gasteiger charge is 2.43. The number of hydrogen-bond donors (Lipinski definition) is 0. The van der Waals surface area contributed by atoms with E-state index in [1.807, 2.05) is 72.6 Å². The third-order valence-corrected chi connectivity index (χ3v) is 3.17. The van der Waals surface area contributed by atoms with Crippen molar-refractivity contribution in [1.82, 2.24) is 0 Å². The minimum atomic E-state index is -0.104. The number of carbonyl (C=O) groups excluding carboxylic acids is 1. The number of rotatable bonds is 2. The molecule has 1 amide bonds. The van der Waals surface area contributed by atoms with Gasteiger partial charge in [0.25, 0.3) is 5.91 Å². The summed E-state index contributed by atoms with van der Waals surface area (Å²) in [5.41, 5.74) is 1.94. The first-order chi connectivity index (χ1) is 8.79. The van der Waals surface area contributed by atoms with Crippen LogP contribution in [0.15, 0.2) is 60.7 Å². The molecule has 0 aliphatic carbocycles. The van der Waals surface area contributed by atoms with Crippen molar-refractivity contribution in [3.05, 3.63) is 60.7 Å². The van der Waals surface area contributed by atoms with Gasteiger partial charge in [-0.15, -0.1) is 0 Å². The Balaban J connectivity index is 1.97. The minimum absolute atomic E-state index is 0.104. The number of anilines is 2. The smallest absolute Gasteiger partial charge is 0.270 e. The fourth-order valence-electron chi connectivity index (χ4n) is 2.25. The molecule has 2 aromatic rings. The lowest BCUT2D eigenvalue weighted by molar-refractivity contribution is -0.124. The molecule has 2 aromatic carbocycles. The van der Waals surface area contributed by atoms with E-state index < -0.39 is 0 Å². The second-order valence-corrected chi connectivity index (χ2v) is 4.34. The van der Waals surface area contributed by atoms with E-state index in [4.69, 9.17) is 0 Å². The molecule has 0 radical (unpaired) electrons. The van der Waals surface area contributed by atoms with Gasteiger partial charge in [-0.05, 0) is 31.2 Å². The number of nitrogens with zero attached hydrogens (tertiary/aromatic N) is 2. The van der Waals surface area contributed by atoms with Gasteiger partial charge in [-0.3, -0.25) is 9.80 Å². The molecule has 0 bridgehead atoms. The molecule has 1 unspecified atom stereocenters. The van der Waals surface area contributed by atoms with Gasteiger partial charge in [0.15, 0.2) is 0 Å². The maximum Gasteiger partial charge on any atom is 0.270 e. The van der Waals surface area contributed by atoms with E-state index in [-0.39, 0.29) is 11.9 Å². The van der Waals surface area contributed by atoms with Gasteiger partial charge in [-0.25, -0.2) is 5.01 Å². The van der Waals surface area contributed by atoms with Crippen molar-refractivity contribution in [3.63, 3.8) is 0 Å². The first-order valence-electron chi connectivity index (χ1n) is 6.02. The second kappa shape index (κ2) is 4.18. The minimum Gasteiger partial charge on any atom is -0.270 e. The average Bonchev–Trinajstić information content (AvgIpc) is 2.45. The van der Waals surface area contributed by atoms with Crippen LogP contribution in [0, 0.1) is 0 Å². The van der Waals surface area contributed by atoms with E-state index in [1.165, 1.54) is 0 Å². The third kappa shape index (κ3) is 1.56. The Kier molecular flexibility index (Phi) is 2.52. The number of hydrazine groups is 1. The van der Waals surface area contributed by atoms with Gasteiger partial charge in [0, 0.05) is 0 Å². The average molecular weight is 238 g/mol. The first kappa shape index (κ1) is 10.8. The van der Waals surface area contributed by atoms with Crippen molar-refractivity contribution in [1.29, 1.82) is 0 Å². The van der Waals surface area contributed by atoms with Crippen LogP contribution in [-0.4, -0.2) is 11.9 Å². The van der Waals surface area contributed by atoms with Crippen LogP contribution in [0.25, 0.3) is 0 Å². The summed E-state index contributed by atoms with van der Waals surface area (Å²) in [6.07, 6.45) is 0. The number of hydrogen-bond acceptors (Lipinski definition) is 2. The van der Waals surface area contributed by atoms with Gasteiger partial charge in [0.1, 0.15) is 6.04 Å². The maximum atomic E-state index is 12.0. The summed E-state index contributed by atoms with van der Waals surface area (Å²) >= 11 is 0. The molecule has 0 saturated carbocycles. The van der Waals surface area contributed by atoms with E-state index in [0.717, 1.165) is 11.4 Å². The molecule has 3 rings (SSSR count). The molecule has 3 nitrogen and oxygen atoms in total. The molecule has 1 heterocycles. The Bertz CT molecular complexity index is 553. The molecule has 18 heavy (non-hydrogen) atoms. The maximum absolute atomic E-state index is 12.0. The highest BCUT2D eigenvalue weighted by molar-refractivity contribution is 6.08. The van der Waals surface area contributed by atoms with Crippen LogP contribution >= 0.6 is 0 Å². The summed E-state index contributed by atoms with van der Waals surface area (Å²) in [6.45, 7) is 1.93. The first-order valence-corrected chi connectivity index (χ1v) is 6.02. The van der Waals surface area contributed by atoms with Crippen LogP contribution in [0.1, 0.15) is 6.92 Å². The van der Waals surface area contributed by atoms with Gasteiger partial charge in [-0.2, -0.15) is 0 Å². The fraction of sp³-hybridized carbons (Fsp3) is 0.133. The Morgan fingerprint density at radius 3 is 1.89 bits per heavy atom. The van der Waals surface area contributed by atoms with E-state index >= 15 is 0 Å². The van der Waals surface area contributed by atoms with Crippen LogP contribution in [0.2, 0.25) is 0 Å². The molecule has 1 saturated heterocycles. The molecule has 1 fully saturated rings. The van der Waals surface area contributed by atoms with Gasteiger partial charge in [0.05, 0.1) is 11.4 Å². The summed E-state index contributed by atoms with van der Waals surface area (Å²) in [5.74, 6) is 0.130. The molecule has 1 aliphatic heterocycles. The Labute approximate surface area is 106 Å². The molecule has 3 heteroatoms. The van der Waals surface area contributed by atoms with Gasteiger partial charge in [-0.1, -0.05) is 36.4 Å². The van der Waals surface area contributed by atoms with E-state index in [0.29, 0.717) is 0 Å². The summed E-state index contributed by atoms with van der Waals surface area (Å²) in [7, 11) is 0. The molecule has 1 atom stereocenters. The van der Waals surface area contributed by atoms with Crippen LogP contribution in [-0.2, 0) is 4.79 Å². The summed E-state index contributed by atoms with van der Waals surface area (Å²) in [6, 6.07) is 19.6. The van der Waals surface area contributed by atoms with Crippen LogP contribution < -0.4 is 10.0 Å². The number of carbonyl (C=O) groups is 1. The lowest BCUT2D eigenvalue weighted by atomic mass is 10.1. The molecule has 0 N–H and O–H groups in total. The van der Waals surface area contributed by atoms with Gasteiger partial charge in [0.2, 0.25) is 0 Å². The zero-order valence-corrected chi connectivity index (χ0v) is 10.2. The predicted molar refractivity (Wildman–Crippen MR) is 72.3 cm³/mol. The Hall–Kier alpha value is -2.29. The quantitative estimate of drug-likeness (QED) is 0.803. The largest absolute Gasteiger partial charge is 0.270 e. The van der Waals surface area contributed by atoms with Crippen molar-refractivity contribution in [2.75, 3.05) is 10.0 Å². The SMILES string of the molecule is CC1C(=O)N(c2ccccc2)N1c1ccccc1. The lowest BCUT2D eigenvalue weighted by Crippen LogP contribution is -2.68. The van der Waals surface area contributed by atoms with Crippen LogP contribution in [0.5, 0.6) is 0 Å². The zero-order valence-electron chi connectivity index (χ0n) is 10.2. The van der Waals surface area contributed by atoms with E-state index in [9.17, 15) is 4.79 Å². The van der Waals surface area contributed by atoms with Crippen molar-refractivity contribution in [3.8, 4) is 0 Å². The summed E-state index contributed by atoms with van der Waals surface area (Å²) in [4.78, 5) is 12.0. The number of para-hydroxylation sites is 2. The third-order valence-electron chi connectivity index (χ3n) is 3.17. The predicted octanol–water partition coefficient (Wildman–Crippen LogP) is 2.84. The fourth-order valence-corrected chi connectivity index (χ4v) is 2.25. The normalized spacial score (nSPS) is 18.7. The Morgan fingerprint density at radius 2 is 1.33 bits per heavy atom. The summed E-state index contributed by atoms with van der Waals surface area (Å²) < 4.78 is 0. The lowest BCUT2D eigenvalue weighted by Gasteiger charge is -2.49. The highest BCUT2D eigenvalue weighted by atomic mass is 16.2. The zero-order chi connectivity index (χ0) is 12.5. The van der Waals surface area contributed by atoms with Gasteiger partial charge < -0.3 is 0 Å². The van der Waals surface area contributed by atoms with Crippen LogP contribution in [0.4, 0.5) is 11.4 Å². The molecular formula is C15H14N2O. The molecule has 1 aliphatic rings. The highest BCUT2D eigenvalue weighted by Crippen LogP contribution is 2.32. The Morgan fingerprint density at radius 1 is 0.833 bits per heavy atom.